The molecule has 1 fully saturated rings. The summed E-state index contributed by atoms with van der Waals surface area (Å²) in [6.45, 7) is 6.02. The van der Waals surface area contributed by atoms with Gasteiger partial charge < -0.3 is 10.1 Å². The van der Waals surface area contributed by atoms with Crippen molar-refractivity contribution < 1.29 is 14.3 Å². The van der Waals surface area contributed by atoms with E-state index in [0.29, 0.717) is 19.1 Å². The van der Waals surface area contributed by atoms with Gasteiger partial charge in [0, 0.05) is 12.5 Å². The Hall–Kier alpha value is -1.06. The number of hydrogen-bond donors (Lipinski definition) is 1. The summed E-state index contributed by atoms with van der Waals surface area (Å²) in [6, 6.07) is 0.402. The number of carbonyl (C=O) groups is 2. The maximum Gasteiger partial charge on any atom is 0.311 e. The number of carbonyl (C=O) groups excluding carboxylic acids is 2. The summed E-state index contributed by atoms with van der Waals surface area (Å²) in [4.78, 5) is 23.3. The van der Waals surface area contributed by atoms with Crippen LogP contribution in [0.4, 0.5) is 0 Å². The fourth-order valence-corrected chi connectivity index (χ4v) is 2.49. The smallest absolute Gasteiger partial charge is 0.311 e. The Balaban J connectivity index is 1.98. The van der Waals surface area contributed by atoms with Gasteiger partial charge in [0.15, 0.2) is 0 Å². The second-order valence-electron chi connectivity index (χ2n) is 7.10. The van der Waals surface area contributed by atoms with Gasteiger partial charge in [-0.1, -0.05) is 19.3 Å². The second-order valence-corrected chi connectivity index (χ2v) is 7.10. The maximum atomic E-state index is 11.8. The van der Waals surface area contributed by atoms with E-state index in [0.717, 1.165) is 32.1 Å². The van der Waals surface area contributed by atoms with E-state index in [1.165, 1.54) is 19.3 Å². The molecule has 21 heavy (non-hydrogen) atoms. The van der Waals surface area contributed by atoms with Crippen LogP contribution in [0.1, 0.15) is 78.6 Å². The number of ether oxygens (including phenoxy) is 1. The lowest BCUT2D eigenvalue weighted by Crippen LogP contribution is -2.35. The van der Waals surface area contributed by atoms with Gasteiger partial charge in [-0.15, -0.1) is 0 Å². The van der Waals surface area contributed by atoms with Crippen LogP contribution in [-0.2, 0) is 14.3 Å². The average molecular weight is 297 g/mol. The lowest BCUT2D eigenvalue weighted by molar-refractivity contribution is -0.153. The maximum absolute atomic E-state index is 11.8. The Labute approximate surface area is 129 Å². The number of hydrogen-bond acceptors (Lipinski definition) is 3. The van der Waals surface area contributed by atoms with Crippen LogP contribution >= 0.6 is 0 Å². The Morgan fingerprint density at radius 1 is 1.05 bits per heavy atom. The summed E-state index contributed by atoms with van der Waals surface area (Å²) in [5.41, 5.74) is -0.431. The standard InChI is InChI=1S/C17H31NO3/c1-17(2,3)16(20)21-13-9-5-8-12-15(19)18-14-10-6-4-7-11-14/h14H,4-13H2,1-3H3,(H,18,19). The normalized spacial score (nSPS) is 16.5. The first-order valence-corrected chi connectivity index (χ1v) is 8.36. The Bertz CT molecular complexity index is 327. The van der Waals surface area contributed by atoms with E-state index in [1.807, 2.05) is 20.8 Å². The van der Waals surface area contributed by atoms with Crippen molar-refractivity contribution in [2.45, 2.75) is 84.6 Å². The number of unbranched alkanes of at least 4 members (excludes halogenated alkanes) is 2. The van der Waals surface area contributed by atoms with Gasteiger partial charge >= 0.3 is 5.97 Å². The van der Waals surface area contributed by atoms with Crippen molar-refractivity contribution in [1.82, 2.24) is 5.32 Å². The van der Waals surface area contributed by atoms with Crippen molar-refractivity contribution in [2.75, 3.05) is 6.61 Å². The minimum absolute atomic E-state index is 0.155. The van der Waals surface area contributed by atoms with Gasteiger partial charge in [-0.25, -0.2) is 0 Å². The first-order valence-electron chi connectivity index (χ1n) is 8.36. The van der Waals surface area contributed by atoms with Crippen LogP contribution in [0.5, 0.6) is 0 Å². The first kappa shape index (κ1) is 18.0. The number of amides is 1. The van der Waals surface area contributed by atoms with E-state index in [1.54, 1.807) is 0 Å². The zero-order valence-electron chi connectivity index (χ0n) is 13.9. The molecule has 0 saturated heterocycles. The van der Waals surface area contributed by atoms with E-state index in [2.05, 4.69) is 5.32 Å². The molecule has 0 aromatic heterocycles. The lowest BCUT2D eigenvalue weighted by Gasteiger charge is -2.22. The monoisotopic (exact) mass is 297 g/mol. The van der Waals surface area contributed by atoms with Crippen molar-refractivity contribution in [3.8, 4) is 0 Å². The van der Waals surface area contributed by atoms with Crippen LogP contribution < -0.4 is 5.32 Å². The molecule has 122 valence electrons. The molecule has 1 rings (SSSR count). The van der Waals surface area contributed by atoms with Crippen LogP contribution in [0.3, 0.4) is 0 Å². The third-order valence-corrected chi connectivity index (χ3v) is 3.86. The van der Waals surface area contributed by atoms with Gasteiger partial charge in [0.2, 0.25) is 5.91 Å². The molecule has 0 radical (unpaired) electrons. The summed E-state index contributed by atoms with van der Waals surface area (Å²) < 4.78 is 5.20. The molecule has 4 heteroatoms. The summed E-state index contributed by atoms with van der Waals surface area (Å²) in [7, 11) is 0. The van der Waals surface area contributed by atoms with Gasteiger partial charge in [-0.05, 0) is 52.9 Å². The minimum atomic E-state index is -0.431. The predicted molar refractivity (Wildman–Crippen MR) is 83.9 cm³/mol. The number of esters is 1. The fraction of sp³-hybridized carbons (Fsp3) is 0.882. The van der Waals surface area contributed by atoms with Gasteiger partial charge in [-0.2, -0.15) is 0 Å². The van der Waals surface area contributed by atoms with Crippen molar-refractivity contribution in [2.24, 2.45) is 5.41 Å². The molecule has 0 aromatic rings. The summed E-state index contributed by atoms with van der Waals surface area (Å²) in [5.74, 6) is 0.0196. The molecule has 0 atom stereocenters. The summed E-state index contributed by atoms with van der Waals surface area (Å²) in [6.07, 6.45) is 9.26. The van der Waals surface area contributed by atoms with E-state index in [4.69, 9.17) is 4.74 Å². The van der Waals surface area contributed by atoms with Gasteiger partial charge in [0.05, 0.1) is 12.0 Å². The highest BCUT2D eigenvalue weighted by Gasteiger charge is 2.22. The molecule has 0 heterocycles. The first-order chi connectivity index (χ1) is 9.89. The Morgan fingerprint density at radius 2 is 1.71 bits per heavy atom. The van der Waals surface area contributed by atoms with Crippen molar-refractivity contribution >= 4 is 11.9 Å². The second kappa shape index (κ2) is 9.06. The van der Waals surface area contributed by atoms with Gasteiger partial charge in [0.1, 0.15) is 0 Å². The molecule has 4 nitrogen and oxygen atoms in total. The van der Waals surface area contributed by atoms with Gasteiger partial charge in [0.25, 0.3) is 0 Å². The van der Waals surface area contributed by atoms with Gasteiger partial charge in [-0.3, -0.25) is 9.59 Å². The molecule has 1 aliphatic carbocycles. The minimum Gasteiger partial charge on any atom is -0.465 e. The Morgan fingerprint density at radius 3 is 2.33 bits per heavy atom. The van der Waals surface area contributed by atoms with Crippen LogP contribution in [0.25, 0.3) is 0 Å². The lowest BCUT2D eigenvalue weighted by atomic mass is 9.95. The third kappa shape index (κ3) is 8.08. The Kier molecular flexibility index (Phi) is 7.76. The molecule has 1 amide bonds. The number of nitrogens with one attached hydrogen (secondary N) is 1. The molecule has 1 saturated carbocycles. The molecular formula is C17H31NO3. The third-order valence-electron chi connectivity index (χ3n) is 3.86. The molecule has 0 unspecified atom stereocenters. The number of rotatable bonds is 7. The molecule has 1 aliphatic rings. The summed E-state index contributed by atoms with van der Waals surface area (Å²) in [5, 5.41) is 3.12. The molecule has 1 N–H and O–H groups in total. The van der Waals surface area contributed by atoms with E-state index < -0.39 is 5.41 Å². The van der Waals surface area contributed by atoms with Crippen molar-refractivity contribution in [1.29, 1.82) is 0 Å². The fourth-order valence-electron chi connectivity index (χ4n) is 2.49. The quantitative estimate of drug-likeness (QED) is 0.577. The van der Waals surface area contributed by atoms with Crippen LogP contribution in [0.2, 0.25) is 0 Å². The highest BCUT2D eigenvalue weighted by molar-refractivity contribution is 5.76. The van der Waals surface area contributed by atoms with Crippen molar-refractivity contribution in [3.05, 3.63) is 0 Å². The highest BCUT2D eigenvalue weighted by atomic mass is 16.5. The topological polar surface area (TPSA) is 55.4 Å². The molecule has 0 spiro atoms. The van der Waals surface area contributed by atoms with Crippen LogP contribution in [0, 0.1) is 5.41 Å². The highest BCUT2D eigenvalue weighted by Crippen LogP contribution is 2.18. The molecular weight excluding hydrogens is 266 g/mol. The summed E-state index contributed by atoms with van der Waals surface area (Å²) >= 11 is 0. The zero-order chi connectivity index (χ0) is 15.7. The SMILES string of the molecule is CC(C)(C)C(=O)OCCCCCC(=O)NC1CCCCC1. The van der Waals surface area contributed by atoms with E-state index >= 15 is 0 Å². The molecule has 0 aliphatic heterocycles. The average Bonchev–Trinajstić information content (AvgIpc) is 2.42. The molecule has 0 bridgehead atoms. The van der Waals surface area contributed by atoms with E-state index in [-0.39, 0.29) is 11.9 Å². The molecule has 0 aromatic carbocycles. The van der Waals surface area contributed by atoms with Crippen LogP contribution in [-0.4, -0.2) is 24.5 Å². The van der Waals surface area contributed by atoms with Crippen LogP contribution in [0.15, 0.2) is 0 Å². The zero-order valence-corrected chi connectivity index (χ0v) is 13.9. The van der Waals surface area contributed by atoms with Crippen molar-refractivity contribution in [3.63, 3.8) is 0 Å². The largest absolute Gasteiger partial charge is 0.465 e. The predicted octanol–water partition coefficient (Wildman–Crippen LogP) is 3.59. The van der Waals surface area contributed by atoms with E-state index in [9.17, 15) is 9.59 Å².